The van der Waals surface area contributed by atoms with E-state index in [9.17, 15) is 0 Å². The zero-order chi connectivity index (χ0) is 15.6. The van der Waals surface area contributed by atoms with E-state index < -0.39 is 0 Å². The molecule has 0 spiro atoms. The third kappa shape index (κ3) is 2.88. The molecule has 118 valence electrons. The summed E-state index contributed by atoms with van der Waals surface area (Å²) in [6.45, 7) is 0. The number of fused-ring (bicyclic) bond motifs is 1. The molecule has 1 aromatic carbocycles. The van der Waals surface area contributed by atoms with E-state index in [1.165, 1.54) is 38.4 Å². The van der Waals surface area contributed by atoms with Gasteiger partial charge in [0.05, 0.1) is 0 Å². The Morgan fingerprint density at radius 1 is 1.13 bits per heavy atom. The minimum absolute atomic E-state index is 0.448. The lowest BCUT2D eigenvalue weighted by Gasteiger charge is -2.23. The molecule has 23 heavy (non-hydrogen) atoms. The Hall–Kier alpha value is -2.14. The normalized spacial score (nSPS) is 15.9. The molecule has 0 aliphatic heterocycles. The summed E-state index contributed by atoms with van der Waals surface area (Å²) >= 11 is 6.10. The van der Waals surface area contributed by atoms with Crippen LogP contribution in [0.25, 0.3) is 22.4 Å². The summed E-state index contributed by atoms with van der Waals surface area (Å²) in [4.78, 5) is 8.62. The first-order chi connectivity index (χ1) is 11.3. The number of benzene rings is 1. The fourth-order valence-electron chi connectivity index (χ4n) is 3.17. The van der Waals surface area contributed by atoms with Gasteiger partial charge in [-0.25, -0.2) is 4.98 Å². The van der Waals surface area contributed by atoms with Crippen LogP contribution in [0.1, 0.15) is 32.1 Å². The number of nitrogens with one attached hydrogen (secondary N) is 1. The second-order valence-electron chi connectivity index (χ2n) is 5.92. The van der Waals surface area contributed by atoms with Crippen LogP contribution in [0.2, 0.25) is 5.02 Å². The van der Waals surface area contributed by atoms with Gasteiger partial charge < -0.3 is 9.84 Å². The zero-order valence-corrected chi connectivity index (χ0v) is 13.4. The summed E-state index contributed by atoms with van der Waals surface area (Å²) in [7, 11) is 0. The van der Waals surface area contributed by atoms with E-state index in [1.54, 1.807) is 0 Å². The number of hydrogen-bond acceptors (Lipinski definition) is 5. The third-order valence-electron chi connectivity index (χ3n) is 4.32. The molecule has 1 aliphatic rings. The number of aromatic nitrogens is 3. The smallest absolute Gasteiger partial charge is 0.263 e. The highest BCUT2D eigenvalue weighted by molar-refractivity contribution is 6.30. The first-order valence-electron chi connectivity index (χ1n) is 7.94. The van der Waals surface area contributed by atoms with Gasteiger partial charge in [-0.1, -0.05) is 48.2 Å². The van der Waals surface area contributed by atoms with Gasteiger partial charge >= 0.3 is 0 Å². The second kappa shape index (κ2) is 6.16. The van der Waals surface area contributed by atoms with Crippen molar-refractivity contribution in [3.05, 3.63) is 35.6 Å². The molecule has 3 aromatic rings. The Labute approximate surface area is 139 Å². The van der Waals surface area contributed by atoms with Gasteiger partial charge in [0.1, 0.15) is 23.2 Å². The van der Waals surface area contributed by atoms with Crippen molar-refractivity contribution in [3.8, 4) is 11.3 Å². The van der Waals surface area contributed by atoms with Gasteiger partial charge in [-0.3, -0.25) is 0 Å². The van der Waals surface area contributed by atoms with Crippen molar-refractivity contribution in [2.75, 3.05) is 5.32 Å². The molecule has 0 amide bonds. The van der Waals surface area contributed by atoms with Crippen molar-refractivity contribution in [1.82, 2.24) is 15.1 Å². The molecule has 0 saturated heterocycles. The fourth-order valence-corrected chi connectivity index (χ4v) is 3.36. The average molecular weight is 329 g/mol. The van der Waals surface area contributed by atoms with Gasteiger partial charge in [0.2, 0.25) is 0 Å². The SMILES string of the molecule is Clc1cccc(-c2noc3ncnc(NC4CCCCC4)c23)c1. The van der Waals surface area contributed by atoms with Crippen molar-refractivity contribution in [2.24, 2.45) is 0 Å². The number of nitrogens with zero attached hydrogens (tertiary/aromatic N) is 3. The maximum Gasteiger partial charge on any atom is 0.263 e. The maximum absolute atomic E-state index is 6.10. The van der Waals surface area contributed by atoms with Crippen molar-refractivity contribution in [2.45, 2.75) is 38.1 Å². The molecular weight excluding hydrogens is 312 g/mol. The number of rotatable bonds is 3. The van der Waals surface area contributed by atoms with Crippen molar-refractivity contribution >= 4 is 28.5 Å². The molecule has 0 atom stereocenters. The van der Waals surface area contributed by atoms with Crippen LogP contribution in [0.5, 0.6) is 0 Å². The maximum atomic E-state index is 6.10. The molecule has 0 radical (unpaired) electrons. The van der Waals surface area contributed by atoms with Gasteiger partial charge in [-0.2, -0.15) is 4.98 Å². The minimum atomic E-state index is 0.448. The monoisotopic (exact) mass is 328 g/mol. The molecule has 0 unspecified atom stereocenters. The van der Waals surface area contributed by atoms with Crippen LogP contribution in [-0.2, 0) is 0 Å². The summed E-state index contributed by atoms with van der Waals surface area (Å²) in [5, 5.41) is 9.22. The predicted molar refractivity (Wildman–Crippen MR) is 90.5 cm³/mol. The summed E-state index contributed by atoms with van der Waals surface area (Å²) in [5.41, 5.74) is 2.12. The van der Waals surface area contributed by atoms with Crippen LogP contribution in [0.3, 0.4) is 0 Å². The Kier molecular flexibility index (Phi) is 3.87. The van der Waals surface area contributed by atoms with Crippen LogP contribution in [0, 0.1) is 0 Å². The lowest BCUT2D eigenvalue weighted by Crippen LogP contribution is -2.23. The van der Waals surface area contributed by atoms with Crippen LogP contribution < -0.4 is 5.32 Å². The van der Waals surface area contributed by atoms with Crippen molar-refractivity contribution < 1.29 is 4.52 Å². The molecule has 6 heteroatoms. The molecular formula is C17H17ClN4O. The van der Waals surface area contributed by atoms with E-state index in [1.807, 2.05) is 24.3 Å². The van der Waals surface area contributed by atoms with Gasteiger partial charge in [0, 0.05) is 16.6 Å². The quantitative estimate of drug-likeness (QED) is 0.756. The molecule has 2 aromatic heterocycles. The first-order valence-corrected chi connectivity index (χ1v) is 8.32. The summed E-state index contributed by atoms with van der Waals surface area (Å²) < 4.78 is 5.39. The Morgan fingerprint density at radius 3 is 2.83 bits per heavy atom. The number of anilines is 1. The van der Waals surface area contributed by atoms with Crippen LogP contribution in [-0.4, -0.2) is 21.2 Å². The average Bonchev–Trinajstić information content (AvgIpc) is 3.01. The standard InChI is InChI=1S/C17H17ClN4O/c18-12-6-4-5-11(9-12)15-14-16(19-10-20-17(14)23-22-15)21-13-7-2-1-3-8-13/h4-6,9-10,13H,1-3,7-8H2,(H,19,20,21). The third-order valence-corrected chi connectivity index (χ3v) is 4.55. The highest BCUT2D eigenvalue weighted by Crippen LogP contribution is 2.33. The molecule has 1 aliphatic carbocycles. The van der Waals surface area contributed by atoms with Crippen molar-refractivity contribution in [1.29, 1.82) is 0 Å². The second-order valence-corrected chi connectivity index (χ2v) is 6.36. The van der Waals surface area contributed by atoms with E-state index in [4.69, 9.17) is 16.1 Å². The lowest BCUT2D eigenvalue weighted by atomic mass is 9.95. The van der Waals surface area contributed by atoms with Gasteiger partial charge in [-0.05, 0) is 25.0 Å². The Morgan fingerprint density at radius 2 is 2.00 bits per heavy atom. The largest absolute Gasteiger partial charge is 0.367 e. The molecule has 1 saturated carbocycles. The number of halogens is 1. The molecule has 0 bridgehead atoms. The molecule has 4 rings (SSSR count). The molecule has 5 nitrogen and oxygen atoms in total. The highest BCUT2D eigenvalue weighted by atomic mass is 35.5. The van der Waals surface area contributed by atoms with Crippen molar-refractivity contribution in [3.63, 3.8) is 0 Å². The summed E-state index contributed by atoms with van der Waals surface area (Å²) in [6, 6.07) is 8.02. The van der Waals surface area contributed by atoms with E-state index in [0.717, 1.165) is 22.5 Å². The van der Waals surface area contributed by atoms with Crippen LogP contribution in [0.4, 0.5) is 5.82 Å². The van der Waals surface area contributed by atoms with Gasteiger partial charge in [-0.15, -0.1) is 0 Å². The topological polar surface area (TPSA) is 63.8 Å². The minimum Gasteiger partial charge on any atom is -0.367 e. The zero-order valence-electron chi connectivity index (χ0n) is 12.6. The van der Waals surface area contributed by atoms with Gasteiger partial charge in [0.15, 0.2) is 0 Å². The van der Waals surface area contributed by atoms with E-state index in [-0.39, 0.29) is 0 Å². The summed E-state index contributed by atoms with van der Waals surface area (Å²) in [6.07, 6.45) is 7.69. The lowest BCUT2D eigenvalue weighted by molar-refractivity contribution is 0.451. The van der Waals surface area contributed by atoms with E-state index in [0.29, 0.717) is 16.8 Å². The Bertz CT molecular complexity index is 826. The first kappa shape index (κ1) is 14.5. The van der Waals surface area contributed by atoms with E-state index >= 15 is 0 Å². The van der Waals surface area contributed by atoms with Crippen LogP contribution >= 0.6 is 11.6 Å². The summed E-state index contributed by atoms with van der Waals surface area (Å²) in [5.74, 6) is 0.790. The van der Waals surface area contributed by atoms with E-state index in [2.05, 4.69) is 20.4 Å². The highest BCUT2D eigenvalue weighted by Gasteiger charge is 2.20. The predicted octanol–water partition coefficient (Wildman–Crippen LogP) is 4.68. The Balaban J connectivity index is 1.77. The van der Waals surface area contributed by atoms with Gasteiger partial charge in [0.25, 0.3) is 5.71 Å². The number of hydrogen-bond donors (Lipinski definition) is 1. The van der Waals surface area contributed by atoms with Crippen LogP contribution in [0.15, 0.2) is 35.1 Å². The molecule has 2 heterocycles. The fraction of sp³-hybridized carbons (Fsp3) is 0.353. The molecule has 1 fully saturated rings. The molecule has 1 N–H and O–H groups in total.